The van der Waals surface area contributed by atoms with Crippen molar-refractivity contribution in [2.45, 2.75) is 86.0 Å². The van der Waals surface area contributed by atoms with Crippen molar-refractivity contribution < 1.29 is 4.79 Å². The van der Waals surface area contributed by atoms with Crippen LogP contribution >= 0.6 is 0 Å². The van der Waals surface area contributed by atoms with Gasteiger partial charge >= 0.3 is 0 Å². The number of fused-ring (bicyclic) bond motifs is 5. The average Bonchev–Trinajstić information content (AvgIpc) is 2.99. The van der Waals surface area contributed by atoms with Crippen molar-refractivity contribution in [3.63, 3.8) is 0 Å². The lowest BCUT2D eigenvalue weighted by atomic mass is 9.47. The number of carbonyl (C=O) groups excluding carboxylic acids is 1. The van der Waals surface area contributed by atoms with Gasteiger partial charge in [0.15, 0.2) is 5.78 Å². The standard InChI is InChI=1S/C27H42O/c1-18(2)7-6-8-19(3)23-11-12-24-22-10-9-20-17-21(28)13-15-26(20,4)25(22)14-16-27(23,24)5/h9-10,13,15,18-20,22-25H,6-8,11-12,14,16-17H2,1-5H3/t19-,20-,22-,23-,24-,25-,26-,27-/m1/s1. The predicted molar refractivity (Wildman–Crippen MR) is 118 cm³/mol. The van der Waals surface area contributed by atoms with Crippen LogP contribution in [0.3, 0.4) is 0 Å². The molecule has 28 heavy (non-hydrogen) atoms. The quantitative estimate of drug-likeness (QED) is 0.458. The van der Waals surface area contributed by atoms with Gasteiger partial charge < -0.3 is 0 Å². The van der Waals surface area contributed by atoms with E-state index in [1.165, 1.54) is 44.9 Å². The molecule has 0 aromatic heterocycles. The minimum absolute atomic E-state index is 0.204. The summed E-state index contributed by atoms with van der Waals surface area (Å²) < 4.78 is 0. The largest absolute Gasteiger partial charge is 0.295 e. The molecule has 0 spiro atoms. The maximum Gasteiger partial charge on any atom is 0.156 e. The Bertz CT molecular complexity index is 657. The van der Waals surface area contributed by atoms with Gasteiger partial charge in [0.25, 0.3) is 0 Å². The van der Waals surface area contributed by atoms with Crippen molar-refractivity contribution in [2.24, 2.45) is 52.3 Å². The van der Waals surface area contributed by atoms with E-state index in [4.69, 9.17) is 0 Å². The SMILES string of the molecule is CC(C)CCC[C@@H](C)[C@H]1CC[C@@H]2[C@H]3C=C[C@@H]4CC(=O)C=C[C@@]4(C)[C@@H]3CC[C@@]21C. The third-order valence-electron chi connectivity index (χ3n) is 9.75. The molecule has 156 valence electrons. The highest BCUT2D eigenvalue weighted by Gasteiger charge is 2.58. The van der Waals surface area contributed by atoms with E-state index in [0.29, 0.717) is 17.1 Å². The molecule has 8 atom stereocenters. The molecule has 0 radical (unpaired) electrons. The molecule has 0 N–H and O–H groups in total. The lowest BCUT2D eigenvalue weighted by molar-refractivity contribution is -0.118. The first-order valence-electron chi connectivity index (χ1n) is 12.2. The van der Waals surface area contributed by atoms with Crippen molar-refractivity contribution in [2.75, 3.05) is 0 Å². The van der Waals surface area contributed by atoms with Gasteiger partial charge in [-0.3, -0.25) is 4.79 Å². The highest BCUT2D eigenvalue weighted by Crippen LogP contribution is 2.66. The second kappa shape index (κ2) is 7.44. The van der Waals surface area contributed by atoms with Gasteiger partial charge in [-0.25, -0.2) is 0 Å². The second-order valence-corrected chi connectivity index (χ2v) is 11.7. The lowest BCUT2D eigenvalue weighted by Crippen LogP contribution is -2.50. The summed E-state index contributed by atoms with van der Waals surface area (Å²) in [5.41, 5.74) is 0.732. The van der Waals surface area contributed by atoms with E-state index in [9.17, 15) is 4.79 Å². The van der Waals surface area contributed by atoms with Gasteiger partial charge in [0, 0.05) is 6.42 Å². The summed E-state index contributed by atoms with van der Waals surface area (Å²) in [5.74, 6) is 5.69. The second-order valence-electron chi connectivity index (χ2n) is 11.7. The number of hydrogen-bond donors (Lipinski definition) is 0. The molecule has 0 aromatic rings. The molecule has 0 heterocycles. The van der Waals surface area contributed by atoms with Gasteiger partial charge in [0.2, 0.25) is 0 Å². The van der Waals surface area contributed by atoms with E-state index in [-0.39, 0.29) is 5.41 Å². The summed E-state index contributed by atoms with van der Waals surface area (Å²) >= 11 is 0. The summed E-state index contributed by atoms with van der Waals surface area (Å²) in [6, 6.07) is 0. The molecule has 1 nitrogen and oxygen atoms in total. The van der Waals surface area contributed by atoms with Crippen molar-refractivity contribution in [3.8, 4) is 0 Å². The third-order valence-corrected chi connectivity index (χ3v) is 9.75. The average molecular weight is 383 g/mol. The zero-order valence-electron chi connectivity index (χ0n) is 18.9. The van der Waals surface area contributed by atoms with Crippen molar-refractivity contribution in [1.29, 1.82) is 0 Å². The van der Waals surface area contributed by atoms with Gasteiger partial charge in [-0.2, -0.15) is 0 Å². The predicted octanol–water partition coefficient (Wildman–Crippen LogP) is 7.23. The van der Waals surface area contributed by atoms with Crippen LogP contribution in [0.4, 0.5) is 0 Å². The molecule has 2 saturated carbocycles. The van der Waals surface area contributed by atoms with E-state index in [0.717, 1.165) is 41.9 Å². The minimum Gasteiger partial charge on any atom is -0.295 e. The van der Waals surface area contributed by atoms with E-state index in [1.807, 2.05) is 6.08 Å². The first kappa shape index (κ1) is 20.4. The molecule has 4 aliphatic rings. The summed E-state index contributed by atoms with van der Waals surface area (Å²) in [5, 5.41) is 0. The van der Waals surface area contributed by atoms with Crippen molar-refractivity contribution in [1.82, 2.24) is 0 Å². The molecular weight excluding hydrogens is 340 g/mol. The maximum absolute atomic E-state index is 12.0. The van der Waals surface area contributed by atoms with Crippen LogP contribution in [0.1, 0.15) is 86.0 Å². The summed E-state index contributed by atoms with van der Waals surface area (Å²) in [6.07, 6.45) is 19.7. The summed E-state index contributed by atoms with van der Waals surface area (Å²) in [7, 11) is 0. The Kier molecular flexibility index (Phi) is 5.43. The highest BCUT2D eigenvalue weighted by atomic mass is 16.1. The van der Waals surface area contributed by atoms with E-state index in [2.05, 4.69) is 52.8 Å². The first-order valence-corrected chi connectivity index (χ1v) is 12.2. The van der Waals surface area contributed by atoms with Gasteiger partial charge in [-0.1, -0.05) is 72.1 Å². The van der Waals surface area contributed by atoms with Crippen LogP contribution in [0.2, 0.25) is 0 Å². The number of carbonyl (C=O) groups is 1. The van der Waals surface area contributed by atoms with Crippen LogP contribution in [-0.2, 0) is 4.79 Å². The molecular formula is C27H42O. The molecule has 0 aromatic carbocycles. The number of ketones is 1. The fourth-order valence-corrected chi connectivity index (χ4v) is 8.05. The van der Waals surface area contributed by atoms with Gasteiger partial charge in [0.1, 0.15) is 0 Å². The van der Waals surface area contributed by atoms with Gasteiger partial charge in [-0.05, 0) is 84.0 Å². The Labute approximate surface area is 173 Å². The van der Waals surface area contributed by atoms with E-state index in [1.54, 1.807) is 0 Å². The highest BCUT2D eigenvalue weighted by molar-refractivity contribution is 5.91. The molecule has 0 saturated heterocycles. The number of allylic oxidation sites excluding steroid dienone is 4. The molecule has 2 fully saturated rings. The Morgan fingerprint density at radius 1 is 1.04 bits per heavy atom. The Morgan fingerprint density at radius 3 is 2.57 bits per heavy atom. The lowest BCUT2D eigenvalue weighted by Gasteiger charge is -2.57. The van der Waals surface area contributed by atoms with Crippen LogP contribution in [0.15, 0.2) is 24.3 Å². The zero-order chi connectivity index (χ0) is 20.1. The molecule has 0 aliphatic heterocycles. The van der Waals surface area contributed by atoms with Crippen LogP contribution in [0.5, 0.6) is 0 Å². The van der Waals surface area contributed by atoms with Crippen LogP contribution in [0, 0.1) is 52.3 Å². The smallest absolute Gasteiger partial charge is 0.156 e. The van der Waals surface area contributed by atoms with Crippen LogP contribution in [-0.4, -0.2) is 5.78 Å². The van der Waals surface area contributed by atoms with E-state index >= 15 is 0 Å². The Morgan fingerprint density at radius 2 is 1.82 bits per heavy atom. The molecule has 1 heteroatoms. The fourth-order valence-electron chi connectivity index (χ4n) is 8.05. The number of hydrogen-bond acceptors (Lipinski definition) is 1. The minimum atomic E-state index is 0.204. The van der Waals surface area contributed by atoms with Crippen LogP contribution < -0.4 is 0 Å². The molecule has 4 rings (SSSR count). The maximum atomic E-state index is 12.0. The molecule has 0 bridgehead atoms. The molecule has 0 unspecified atom stereocenters. The normalized spacial score (nSPS) is 45.6. The summed E-state index contributed by atoms with van der Waals surface area (Å²) in [6.45, 7) is 12.4. The van der Waals surface area contributed by atoms with Crippen molar-refractivity contribution in [3.05, 3.63) is 24.3 Å². The fraction of sp³-hybridized carbons (Fsp3) is 0.815. The molecule has 0 amide bonds. The van der Waals surface area contributed by atoms with Gasteiger partial charge in [-0.15, -0.1) is 0 Å². The molecule has 4 aliphatic carbocycles. The van der Waals surface area contributed by atoms with Gasteiger partial charge in [0.05, 0.1) is 0 Å². The van der Waals surface area contributed by atoms with Crippen molar-refractivity contribution >= 4 is 5.78 Å². The van der Waals surface area contributed by atoms with E-state index < -0.39 is 0 Å². The topological polar surface area (TPSA) is 17.1 Å². The first-order chi connectivity index (χ1) is 13.3. The Hall–Kier alpha value is -0.850. The third kappa shape index (κ3) is 3.25. The van der Waals surface area contributed by atoms with Crippen LogP contribution in [0.25, 0.3) is 0 Å². The monoisotopic (exact) mass is 382 g/mol. The number of rotatable bonds is 5. The Balaban J connectivity index is 1.51. The zero-order valence-corrected chi connectivity index (χ0v) is 18.9. The summed E-state index contributed by atoms with van der Waals surface area (Å²) in [4.78, 5) is 12.0.